The zero-order valence-electron chi connectivity index (χ0n) is 10.7. The molecule has 112 valence electrons. The first-order valence-corrected chi connectivity index (χ1v) is 7.42. The number of nitrogens with one attached hydrogen (secondary N) is 3. The number of aliphatic hydroxyl groups is 1. The van der Waals surface area contributed by atoms with E-state index in [-0.39, 0.29) is 0 Å². The maximum absolute atomic E-state index is 12.1. The van der Waals surface area contributed by atoms with E-state index < -0.39 is 38.8 Å². The molecule has 0 amide bonds. The topological polar surface area (TPSA) is 132 Å². The molecule has 21 heavy (non-hydrogen) atoms. The highest BCUT2D eigenvalue weighted by atomic mass is 32.2. The minimum Gasteiger partial charge on any atom is -0.394 e. The van der Waals surface area contributed by atoms with Crippen molar-refractivity contribution in [2.45, 2.75) is 10.9 Å². The summed E-state index contributed by atoms with van der Waals surface area (Å²) in [6, 6.07) is 7.51. The van der Waals surface area contributed by atoms with Crippen LogP contribution in [0.4, 0.5) is 0 Å². The molecule has 0 saturated heterocycles. The number of hydrogen-bond donors (Lipinski definition) is 4. The third kappa shape index (κ3) is 3.45. The molecule has 0 fully saturated rings. The summed E-state index contributed by atoms with van der Waals surface area (Å²) in [5.41, 5.74) is -1.29. The van der Waals surface area contributed by atoms with E-state index in [1.807, 2.05) is 4.98 Å². The highest BCUT2D eigenvalue weighted by Gasteiger charge is 2.23. The Bertz CT molecular complexity index is 826. The Hall–Kier alpha value is -2.23. The zero-order chi connectivity index (χ0) is 15.5. The average molecular weight is 311 g/mol. The molecule has 0 radical (unpaired) electrons. The van der Waals surface area contributed by atoms with Gasteiger partial charge in [0, 0.05) is 6.20 Å². The third-order valence-electron chi connectivity index (χ3n) is 2.76. The molecule has 9 heteroatoms. The highest BCUT2D eigenvalue weighted by Crippen LogP contribution is 2.14. The van der Waals surface area contributed by atoms with Gasteiger partial charge in [0.15, 0.2) is 4.90 Å². The maximum Gasteiger partial charge on any atom is 0.325 e. The van der Waals surface area contributed by atoms with Crippen LogP contribution in [0, 0.1) is 0 Å². The predicted octanol–water partition coefficient (Wildman–Crippen LogP) is -0.925. The second-order valence-electron chi connectivity index (χ2n) is 4.20. The van der Waals surface area contributed by atoms with Crippen LogP contribution in [0.25, 0.3) is 0 Å². The van der Waals surface area contributed by atoms with Crippen molar-refractivity contribution < 1.29 is 13.5 Å². The first kappa shape index (κ1) is 15.2. The third-order valence-corrected chi connectivity index (χ3v) is 4.23. The lowest BCUT2D eigenvalue weighted by molar-refractivity contribution is 0.259. The molecule has 2 rings (SSSR count). The molecule has 0 saturated carbocycles. The van der Waals surface area contributed by atoms with Gasteiger partial charge in [-0.05, 0) is 5.56 Å². The summed E-state index contributed by atoms with van der Waals surface area (Å²) < 4.78 is 26.5. The Balaban J connectivity index is 2.36. The van der Waals surface area contributed by atoms with Crippen molar-refractivity contribution in [2.75, 3.05) is 6.61 Å². The van der Waals surface area contributed by atoms with E-state index in [4.69, 9.17) is 0 Å². The van der Waals surface area contributed by atoms with E-state index in [1.54, 1.807) is 30.3 Å². The van der Waals surface area contributed by atoms with Crippen molar-refractivity contribution in [3.63, 3.8) is 0 Å². The predicted molar refractivity (Wildman–Crippen MR) is 74.3 cm³/mol. The van der Waals surface area contributed by atoms with Crippen molar-refractivity contribution in [1.82, 2.24) is 14.7 Å². The van der Waals surface area contributed by atoms with Crippen LogP contribution < -0.4 is 16.0 Å². The molecule has 0 aliphatic carbocycles. The minimum atomic E-state index is -4.19. The fourth-order valence-electron chi connectivity index (χ4n) is 1.74. The summed E-state index contributed by atoms with van der Waals surface area (Å²) in [6.07, 6.45) is 0.808. The second-order valence-corrected chi connectivity index (χ2v) is 5.89. The standard InChI is InChI=1S/C12H13N3O5S/c16-7-9(8-4-2-1-3-5-8)15-21(19,20)10-6-13-12(18)14-11(10)17/h1-6,9,15-16H,7H2,(H2,13,14,17,18). The molecule has 2 aromatic rings. The van der Waals surface area contributed by atoms with E-state index in [1.165, 1.54) is 0 Å². The van der Waals surface area contributed by atoms with E-state index in [9.17, 15) is 23.1 Å². The largest absolute Gasteiger partial charge is 0.394 e. The van der Waals surface area contributed by atoms with Crippen molar-refractivity contribution in [1.29, 1.82) is 0 Å². The smallest absolute Gasteiger partial charge is 0.325 e. The quantitative estimate of drug-likeness (QED) is 0.566. The molecule has 1 atom stereocenters. The number of aliphatic hydroxyl groups excluding tert-OH is 1. The molecule has 1 aromatic carbocycles. The minimum absolute atomic E-state index is 0.482. The number of aromatic nitrogens is 2. The Kier molecular flexibility index (Phi) is 4.36. The fraction of sp³-hybridized carbons (Fsp3) is 0.167. The second kappa shape index (κ2) is 6.04. The van der Waals surface area contributed by atoms with Gasteiger partial charge >= 0.3 is 5.69 Å². The lowest BCUT2D eigenvalue weighted by atomic mass is 10.1. The van der Waals surface area contributed by atoms with Crippen LogP contribution in [-0.2, 0) is 10.0 Å². The Morgan fingerprint density at radius 1 is 1.19 bits per heavy atom. The normalized spacial score (nSPS) is 13.0. The molecule has 0 aliphatic heterocycles. The first-order valence-electron chi connectivity index (χ1n) is 5.94. The summed E-state index contributed by atoms with van der Waals surface area (Å²) in [5.74, 6) is 0. The van der Waals surface area contributed by atoms with Crippen molar-refractivity contribution in [2.24, 2.45) is 0 Å². The lowest BCUT2D eigenvalue weighted by Gasteiger charge is -2.16. The van der Waals surface area contributed by atoms with Gasteiger partial charge in [0.2, 0.25) is 10.0 Å². The molecule has 1 unspecified atom stereocenters. The Morgan fingerprint density at radius 2 is 1.86 bits per heavy atom. The summed E-state index contributed by atoms with van der Waals surface area (Å²) in [6.45, 7) is -0.482. The van der Waals surface area contributed by atoms with Crippen LogP contribution >= 0.6 is 0 Å². The molecule has 8 nitrogen and oxygen atoms in total. The number of benzene rings is 1. The lowest BCUT2D eigenvalue weighted by Crippen LogP contribution is -2.36. The van der Waals surface area contributed by atoms with E-state index >= 15 is 0 Å². The summed E-state index contributed by atoms with van der Waals surface area (Å²) >= 11 is 0. The van der Waals surface area contributed by atoms with Crippen molar-refractivity contribution >= 4 is 10.0 Å². The van der Waals surface area contributed by atoms with Gasteiger partial charge in [-0.2, -0.15) is 0 Å². The van der Waals surface area contributed by atoms with E-state index in [0.717, 1.165) is 6.20 Å². The molecule has 1 aromatic heterocycles. The number of hydrogen-bond acceptors (Lipinski definition) is 5. The van der Waals surface area contributed by atoms with Gasteiger partial charge in [0.05, 0.1) is 12.6 Å². The average Bonchev–Trinajstić information content (AvgIpc) is 2.45. The highest BCUT2D eigenvalue weighted by molar-refractivity contribution is 7.89. The van der Waals surface area contributed by atoms with Crippen LogP contribution in [0.1, 0.15) is 11.6 Å². The zero-order valence-corrected chi connectivity index (χ0v) is 11.6. The molecule has 4 N–H and O–H groups in total. The molecular formula is C12H13N3O5S. The molecule has 0 bridgehead atoms. The van der Waals surface area contributed by atoms with Crippen LogP contribution in [-0.4, -0.2) is 30.1 Å². The van der Waals surface area contributed by atoms with Gasteiger partial charge in [0.25, 0.3) is 5.56 Å². The number of sulfonamides is 1. The number of rotatable bonds is 5. The Morgan fingerprint density at radius 3 is 2.43 bits per heavy atom. The molecule has 0 aliphatic rings. The van der Waals surface area contributed by atoms with Gasteiger partial charge in [-0.15, -0.1) is 0 Å². The van der Waals surface area contributed by atoms with Crippen LogP contribution in [0.2, 0.25) is 0 Å². The number of H-pyrrole nitrogens is 2. The van der Waals surface area contributed by atoms with Gasteiger partial charge in [-0.25, -0.2) is 17.9 Å². The Labute approximate surface area is 119 Å². The monoisotopic (exact) mass is 311 g/mol. The van der Waals surface area contributed by atoms with Gasteiger partial charge in [-0.3, -0.25) is 9.78 Å². The summed E-state index contributed by atoms with van der Waals surface area (Å²) in [4.78, 5) is 25.7. The molecular weight excluding hydrogens is 298 g/mol. The van der Waals surface area contributed by atoms with Crippen LogP contribution in [0.5, 0.6) is 0 Å². The van der Waals surface area contributed by atoms with Gasteiger partial charge < -0.3 is 10.1 Å². The van der Waals surface area contributed by atoms with Crippen LogP contribution in [0.3, 0.4) is 0 Å². The van der Waals surface area contributed by atoms with Gasteiger partial charge in [-0.1, -0.05) is 30.3 Å². The van der Waals surface area contributed by atoms with Gasteiger partial charge in [0.1, 0.15) is 0 Å². The fourth-order valence-corrected chi connectivity index (χ4v) is 2.97. The van der Waals surface area contributed by atoms with E-state index in [0.29, 0.717) is 5.56 Å². The first-order chi connectivity index (χ1) is 9.94. The summed E-state index contributed by atoms with van der Waals surface area (Å²) in [5, 5.41) is 9.33. The molecule has 0 spiro atoms. The van der Waals surface area contributed by atoms with E-state index in [2.05, 4.69) is 9.71 Å². The van der Waals surface area contributed by atoms with Crippen molar-refractivity contribution in [3.8, 4) is 0 Å². The SMILES string of the molecule is O=c1[nH]cc(S(=O)(=O)NC(CO)c2ccccc2)c(=O)[nH]1. The summed E-state index contributed by atoms with van der Waals surface area (Å²) in [7, 11) is -4.19. The maximum atomic E-state index is 12.1. The van der Waals surface area contributed by atoms with Crippen molar-refractivity contribution in [3.05, 3.63) is 62.9 Å². The molecule has 1 heterocycles. The number of aromatic amines is 2. The van der Waals surface area contributed by atoms with Crippen LogP contribution in [0.15, 0.2) is 51.0 Å².